The van der Waals surface area contributed by atoms with E-state index in [1.54, 1.807) is 42.5 Å². The van der Waals surface area contributed by atoms with Crippen molar-refractivity contribution in [3.63, 3.8) is 0 Å². The molecule has 2 aromatic rings. The van der Waals surface area contributed by atoms with Gasteiger partial charge in [-0.2, -0.15) is 0 Å². The summed E-state index contributed by atoms with van der Waals surface area (Å²) in [5.74, 6) is 0. The maximum Gasteiger partial charge on any atom is 0.233 e. The molecular weight excluding hydrogens is 228 g/mol. The lowest BCUT2D eigenvalue weighted by atomic mass is 10.1. The van der Waals surface area contributed by atoms with Crippen LogP contribution in [0.25, 0.3) is 5.53 Å². The van der Waals surface area contributed by atoms with Gasteiger partial charge >= 0.3 is 0 Å². The molecule has 5 heteroatoms. The summed E-state index contributed by atoms with van der Waals surface area (Å²) in [5, 5.41) is 0. The van der Waals surface area contributed by atoms with Crippen LogP contribution in [0.5, 0.6) is 0 Å². The van der Waals surface area contributed by atoms with Crippen molar-refractivity contribution < 1.29 is 4.79 Å². The Labute approximate surface area is 104 Å². The van der Waals surface area contributed by atoms with Gasteiger partial charge in [-0.1, -0.05) is 18.2 Å². The van der Waals surface area contributed by atoms with Crippen molar-refractivity contribution in [1.82, 2.24) is 4.70 Å². The van der Waals surface area contributed by atoms with Crippen molar-refractivity contribution in [3.05, 3.63) is 53.6 Å². The van der Waals surface area contributed by atoms with Crippen LogP contribution in [0.2, 0.25) is 0 Å². The number of nitrogens with two attached hydrogens (primary N) is 2. The second kappa shape index (κ2) is 4.67. The van der Waals surface area contributed by atoms with Gasteiger partial charge in [-0.3, -0.25) is 4.79 Å². The quantitative estimate of drug-likeness (QED) is 0.373. The van der Waals surface area contributed by atoms with Gasteiger partial charge in [0.15, 0.2) is 6.29 Å². The molecule has 0 spiro atoms. The number of aldehydes is 1. The van der Waals surface area contributed by atoms with Crippen LogP contribution in [0, 0.1) is 0 Å². The van der Waals surface area contributed by atoms with Crippen LogP contribution in [0.15, 0.2) is 42.5 Å². The van der Waals surface area contributed by atoms with Gasteiger partial charge in [-0.25, -0.2) is 4.70 Å². The van der Waals surface area contributed by atoms with E-state index in [1.165, 1.54) is 0 Å². The van der Waals surface area contributed by atoms with Crippen LogP contribution in [0.3, 0.4) is 0 Å². The SMILES string of the molecule is [N-]=[N+](c1ccccc1N)c1c(N)cccc1C=O. The van der Waals surface area contributed by atoms with E-state index in [2.05, 4.69) is 0 Å². The van der Waals surface area contributed by atoms with Crippen molar-refractivity contribution in [2.45, 2.75) is 0 Å². The number of benzene rings is 2. The second-order valence-electron chi connectivity index (χ2n) is 3.77. The zero-order valence-electron chi connectivity index (χ0n) is 9.58. The number of nitrogens with zero attached hydrogens (tertiary/aromatic N) is 2. The molecule has 0 saturated heterocycles. The van der Waals surface area contributed by atoms with Crippen LogP contribution in [0.1, 0.15) is 10.4 Å². The molecule has 0 aliphatic rings. The number of anilines is 2. The summed E-state index contributed by atoms with van der Waals surface area (Å²) in [6.45, 7) is 0. The zero-order valence-corrected chi connectivity index (χ0v) is 9.58. The Morgan fingerprint density at radius 3 is 2.33 bits per heavy atom. The van der Waals surface area contributed by atoms with E-state index < -0.39 is 0 Å². The van der Waals surface area contributed by atoms with Gasteiger partial charge in [0.1, 0.15) is 11.4 Å². The molecule has 0 aliphatic carbocycles. The van der Waals surface area contributed by atoms with Crippen LogP contribution in [-0.2, 0) is 0 Å². The van der Waals surface area contributed by atoms with Crippen LogP contribution in [-0.4, -0.2) is 6.29 Å². The van der Waals surface area contributed by atoms with E-state index in [9.17, 15) is 10.3 Å². The molecule has 0 bridgehead atoms. The molecule has 5 nitrogen and oxygen atoms in total. The van der Waals surface area contributed by atoms with E-state index in [4.69, 9.17) is 11.5 Å². The molecule has 0 aliphatic heterocycles. The normalized spacial score (nSPS) is 10.0. The summed E-state index contributed by atoms with van der Waals surface area (Å²) >= 11 is 0. The smallest absolute Gasteiger partial charge is 0.233 e. The van der Waals surface area contributed by atoms with Crippen molar-refractivity contribution in [3.8, 4) is 0 Å². The van der Waals surface area contributed by atoms with Gasteiger partial charge in [-0.05, 0) is 18.2 Å². The Bertz CT molecular complexity index is 622. The molecule has 0 saturated carbocycles. The Morgan fingerprint density at radius 2 is 1.67 bits per heavy atom. The minimum atomic E-state index is 0.227. The zero-order chi connectivity index (χ0) is 13.1. The van der Waals surface area contributed by atoms with E-state index in [1.807, 2.05) is 0 Å². The molecule has 2 rings (SSSR count). The highest BCUT2D eigenvalue weighted by Gasteiger charge is 2.18. The molecule has 4 N–H and O–H groups in total. The first-order valence-corrected chi connectivity index (χ1v) is 5.32. The number of para-hydroxylation sites is 3. The van der Waals surface area contributed by atoms with Gasteiger partial charge in [-0.15, -0.1) is 0 Å². The third kappa shape index (κ3) is 1.93. The Kier molecular flexibility index (Phi) is 3.05. The number of rotatable bonds is 3. The predicted octanol–water partition coefficient (Wildman–Crippen LogP) is 2.52. The van der Waals surface area contributed by atoms with Crippen molar-refractivity contribution in [2.24, 2.45) is 0 Å². The monoisotopic (exact) mass is 240 g/mol. The Balaban J connectivity index is 2.60. The number of hydrogen-bond donors (Lipinski definition) is 2. The third-order valence-electron chi connectivity index (χ3n) is 2.60. The fourth-order valence-electron chi connectivity index (χ4n) is 1.72. The van der Waals surface area contributed by atoms with Crippen LogP contribution in [0.4, 0.5) is 22.7 Å². The molecule has 0 radical (unpaired) electrons. The first-order chi connectivity index (χ1) is 8.65. The van der Waals surface area contributed by atoms with Gasteiger partial charge in [0.25, 0.3) is 0 Å². The summed E-state index contributed by atoms with van der Waals surface area (Å²) in [6, 6.07) is 11.6. The highest BCUT2D eigenvalue weighted by Crippen LogP contribution is 2.32. The lowest BCUT2D eigenvalue weighted by Gasteiger charge is -2.11. The van der Waals surface area contributed by atoms with Gasteiger partial charge in [0.05, 0.1) is 5.56 Å². The lowest BCUT2D eigenvalue weighted by Crippen LogP contribution is -2.06. The summed E-state index contributed by atoms with van der Waals surface area (Å²) < 4.78 is 0.828. The maximum atomic E-state index is 11.0. The molecular formula is C13H12N4O. The summed E-state index contributed by atoms with van der Waals surface area (Å²) in [5.41, 5.74) is 23.3. The van der Waals surface area contributed by atoms with Crippen LogP contribution < -0.4 is 16.2 Å². The molecule has 0 aromatic heterocycles. The van der Waals surface area contributed by atoms with E-state index in [0.717, 1.165) is 4.70 Å². The second-order valence-corrected chi connectivity index (χ2v) is 3.77. The number of carbonyl (C=O) groups excluding carboxylic acids is 1. The summed E-state index contributed by atoms with van der Waals surface area (Å²) in [6.07, 6.45) is 0.633. The Morgan fingerprint density at radius 1 is 1.00 bits per heavy atom. The molecule has 0 fully saturated rings. The van der Waals surface area contributed by atoms with Crippen molar-refractivity contribution >= 4 is 29.0 Å². The molecule has 0 amide bonds. The molecule has 0 heterocycles. The fraction of sp³-hybridized carbons (Fsp3) is 0. The average molecular weight is 240 g/mol. The highest BCUT2D eigenvalue weighted by molar-refractivity contribution is 5.89. The lowest BCUT2D eigenvalue weighted by molar-refractivity contribution is 0.112. The minimum absolute atomic E-state index is 0.227. The number of hydrogen-bond acceptors (Lipinski definition) is 3. The summed E-state index contributed by atoms with van der Waals surface area (Å²) in [4.78, 5) is 11.0. The minimum Gasteiger partial charge on any atom is -0.493 e. The Hall–Kier alpha value is -2.69. The number of nitrogen functional groups attached to an aromatic ring is 2. The molecule has 18 heavy (non-hydrogen) atoms. The van der Waals surface area contributed by atoms with Crippen molar-refractivity contribution in [1.29, 1.82) is 0 Å². The topological polar surface area (TPSA) is 94.4 Å². The number of carbonyl (C=O) groups is 1. The van der Waals surface area contributed by atoms with Gasteiger partial charge in [0, 0.05) is 6.07 Å². The molecule has 0 unspecified atom stereocenters. The first kappa shape index (κ1) is 11.8. The molecule has 2 aromatic carbocycles. The van der Waals surface area contributed by atoms with E-state index >= 15 is 0 Å². The van der Waals surface area contributed by atoms with Gasteiger partial charge in [0.2, 0.25) is 11.4 Å². The van der Waals surface area contributed by atoms with E-state index in [-0.39, 0.29) is 5.69 Å². The molecule has 90 valence electrons. The predicted molar refractivity (Wildman–Crippen MR) is 71.9 cm³/mol. The van der Waals surface area contributed by atoms with Gasteiger partial charge < -0.3 is 17.0 Å². The average Bonchev–Trinajstić information content (AvgIpc) is 2.38. The third-order valence-corrected chi connectivity index (χ3v) is 2.60. The standard InChI is InChI=1S/C13H12N4O/c14-10-5-1-2-7-12(10)17(16)13-9(8-18)4-3-6-11(13)15/h1-8H,14-15H2. The van der Waals surface area contributed by atoms with Crippen molar-refractivity contribution in [2.75, 3.05) is 11.5 Å². The van der Waals surface area contributed by atoms with E-state index in [0.29, 0.717) is 28.9 Å². The first-order valence-electron chi connectivity index (χ1n) is 5.32. The maximum absolute atomic E-state index is 11.0. The highest BCUT2D eigenvalue weighted by atomic mass is 16.1. The fourth-order valence-corrected chi connectivity index (χ4v) is 1.72. The summed E-state index contributed by atoms with van der Waals surface area (Å²) in [7, 11) is 0. The molecule has 0 atom stereocenters. The van der Waals surface area contributed by atoms with Crippen LogP contribution >= 0.6 is 0 Å². The largest absolute Gasteiger partial charge is 0.493 e.